The molecule has 4 atom stereocenters. The third-order valence-electron chi connectivity index (χ3n) is 1.67. The first-order valence-corrected chi connectivity index (χ1v) is 4.23. The van der Waals surface area contributed by atoms with Crippen LogP contribution in [0.15, 0.2) is 0 Å². The number of aliphatic hydroxyl groups excluding tert-OH is 3. The Bertz CT molecular complexity index is 154. The number of aldehydes is 1. The van der Waals surface area contributed by atoms with Crippen LogP contribution in [0.2, 0.25) is 0 Å². The number of ether oxygens (including phenoxy) is 1. The third kappa shape index (κ3) is 3.61. The molecular formula is C7H14O5S. The number of carbonyl (C=O) groups is 1. The maximum Gasteiger partial charge on any atom is 0.151 e. The van der Waals surface area contributed by atoms with Gasteiger partial charge in [0.05, 0.1) is 18.0 Å². The summed E-state index contributed by atoms with van der Waals surface area (Å²) in [6.45, 7) is -0.365. The molecule has 0 spiro atoms. The lowest BCUT2D eigenvalue weighted by Crippen LogP contribution is -2.45. The molecule has 0 aromatic carbocycles. The van der Waals surface area contributed by atoms with Crippen molar-refractivity contribution in [3.8, 4) is 0 Å². The van der Waals surface area contributed by atoms with E-state index in [4.69, 9.17) is 14.9 Å². The Kier molecular flexibility index (Phi) is 6.27. The molecule has 0 fully saturated rings. The minimum atomic E-state index is -1.42. The summed E-state index contributed by atoms with van der Waals surface area (Å²) < 4.78 is 4.70. The summed E-state index contributed by atoms with van der Waals surface area (Å²) in [6.07, 6.45) is -3.41. The zero-order valence-corrected chi connectivity index (χ0v) is 8.09. The van der Waals surface area contributed by atoms with Crippen molar-refractivity contribution in [3.05, 3.63) is 0 Å². The average Bonchev–Trinajstić information content (AvgIpc) is 2.17. The van der Waals surface area contributed by atoms with Crippen molar-refractivity contribution in [2.75, 3.05) is 13.7 Å². The van der Waals surface area contributed by atoms with Crippen molar-refractivity contribution in [1.29, 1.82) is 0 Å². The number of rotatable bonds is 6. The Morgan fingerprint density at radius 3 is 2.38 bits per heavy atom. The lowest BCUT2D eigenvalue weighted by Gasteiger charge is -2.26. The van der Waals surface area contributed by atoms with E-state index < -0.39 is 23.6 Å². The van der Waals surface area contributed by atoms with Crippen molar-refractivity contribution in [3.63, 3.8) is 0 Å². The second-order valence-electron chi connectivity index (χ2n) is 2.57. The van der Waals surface area contributed by atoms with Gasteiger partial charge in [-0.2, -0.15) is 12.6 Å². The lowest BCUT2D eigenvalue weighted by atomic mass is 10.1. The van der Waals surface area contributed by atoms with Crippen LogP contribution in [0.3, 0.4) is 0 Å². The molecule has 0 aliphatic carbocycles. The maximum atomic E-state index is 10.2. The van der Waals surface area contributed by atoms with E-state index in [2.05, 4.69) is 12.6 Å². The zero-order valence-electron chi connectivity index (χ0n) is 7.20. The van der Waals surface area contributed by atoms with E-state index in [1.807, 2.05) is 0 Å². The van der Waals surface area contributed by atoms with Crippen molar-refractivity contribution in [1.82, 2.24) is 0 Å². The van der Waals surface area contributed by atoms with Crippen LogP contribution in [0.25, 0.3) is 0 Å². The fourth-order valence-corrected chi connectivity index (χ4v) is 1.05. The molecule has 0 aromatic heterocycles. The molecule has 0 amide bonds. The van der Waals surface area contributed by atoms with Crippen LogP contribution in [0.4, 0.5) is 0 Å². The normalized spacial score (nSPS) is 20.4. The summed E-state index contributed by atoms with van der Waals surface area (Å²) in [5, 5.41) is 26.4. The molecule has 0 unspecified atom stereocenters. The summed E-state index contributed by atoms with van der Waals surface area (Å²) in [5.74, 6) is 0. The molecule has 0 saturated heterocycles. The Morgan fingerprint density at radius 1 is 1.54 bits per heavy atom. The monoisotopic (exact) mass is 210 g/mol. The quantitative estimate of drug-likeness (QED) is 0.307. The van der Waals surface area contributed by atoms with Crippen LogP contribution in [-0.4, -0.2) is 58.9 Å². The molecule has 78 valence electrons. The molecule has 5 nitrogen and oxygen atoms in total. The van der Waals surface area contributed by atoms with Crippen LogP contribution in [-0.2, 0) is 9.53 Å². The van der Waals surface area contributed by atoms with Gasteiger partial charge < -0.3 is 24.9 Å². The highest BCUT2D eigenvalue weighted by Gasteiger charge is 2.30. The van der Waals surface area contributed by atoms with Crippen LogP contribution in [0.5, 0.6) is 0 Å². The molecule has 0 heterocycles. The number of hydrogen-bond acceptors (Lipinski definition) is 6. The number of carbonyl (C=O) groups excluding carboxylic acids is 1. The minimum absolute atomic E-state index is 0.259. The molecule has 0 rings (SSSR count). The predicted octanol–water partition coefficient (Wildman–Crippen LogP) is -1.79. The number of methoxy groups -OCH3 is 1. The van der Waals surface area contributed by atoms with Crippen molar-refractivity contribution >= 4 is 18.9 Å². The molecule has 0 aromatic rings. The topological polar surface area (TPSA) is 87.0 Å². The van der Waals surface area contributed by atoms with Gasteiger partial charge in [-0.15, -0.1) is 0 Å². The van der Waals surface area contributed by atoms with Gasteiger partial charge in [0.2, 0.25) is 0 Å². The van der Waals surface area contributed by atoms with Gasteiger partial charge in [-0.3, -0.25) is 0 Å². The van der Waals surface area contributed by atoms with Crippen LogP contribution in [0.1, 0.15) is 0 Å². The molecule has 0 aliphatic rings. The first-order valence-electron chi connectivity index (χ1n) is 3.71. The standard InChI is InChI=1S/C7H14O5S/c1-12-7(4(10)2-8)6(11)5(13)3-9/h2,4-7,9-11,13H,3H2,1H3/t4-,5-,6+,7+/m0/s1. The van der Waals surface area contributed by atoms with E-state index >= 15 is 0 Å². The molecule has 6 heteroatoms. The van der Waals surface area contributed by atoms with Crippen LogP contribution >= 0.6 is 12.6 Å². The molecule has 0 aliphatic heterocycles. The zero-order chi connectivity index (χ0) is 10.4. The Morgan fingerprint density at radius 2 is 2.08 bits per heavy atom. The van der Waals surface area contributed by atoms with Gasteiger partial charge in [0.1, 0.15) is 12.2 Å². The van der Waals surface area contributed by atoms with Gasteiger partial charge in [0.15, 0.2) is 6.29 Å². The second kappa shape index (κ2) is 6.33. The SMILES string of the molecule is CO[C@@H]([C@H](O)[C@@H](S)CO)[C@@H](O)C=O. The second-order valence-corrected chi connectivity index (χ2v) is 3.23. The van der Waals surface area contributed by atoms with Gasteiger partial charge >= 0.3 is 0 Å². The van der Waals surface area contributed by atoms with Crippen molar-refractivity contribution < 1.29 is 24.9 Å². The molecule has 3 N–H and O–H groups in total. The number of aliphatic hydroxyl groups is 3. The predicted molar refractivity (Wildman–Crippen MR) is 48.7 cm³/mol. The molecule has 13 heavy (non-hydrogen) atoms. The highest BCUT2D eigenvalue weighted by Crippen LogP contribution is 2.11. The lowest BCUT2D eigenvalue weighted by molar-refractivity contribution is -0.130. The summed E-state index contributed by atoms with van der Waals surface area (Å²) in [4.78, 5) is 10.2. The van der Waals surface area contributed by atoms with Crippen molar-refractivity contribution in [2.24, 2.45) is 0 Å². The van der Waals surface area contributed by atoms with Gasteiger partial charge in [0, 0.05) is 7.11 Å². The number of hydrogen-bond donors (Lipinski definition) is 4. The number of thiol groups is 1. The largest absolute Gasteiger partial charge is 0.395 e. The van der Waals surface area contributed by atoms with E-state index in [1.165, 1.54) is 7.11 Å². The summed E-state index contributed by atoms with van der Waals surface area (Å²) >= 11 is 3.84. The van der Waals surface area contributed by atoms with Crippen LogP contribution in [0, 0.1) is 0 Å². The molecule has 0 radical (unpaired) electrons. The first-order chi connectivity index (χ1) is 6.08. The molecule has 0 saturated carbocycles. The average molecular weight is 210 g/mol. The van der Waals surface area contributed by atoms with Crippen LogP contribution < -0.4 is 0 Å². The van der Waals surface area contributed by atoms with Gasteiger partial charge in [-0.05, 0) is 0 Å². The highest BCUT2D eigenvalue weighted by molar-refractivity contribution is 7.81. The Labute approximate surface area is 81.7 Å². The van der Waals surface area contributed by atoms with Crippen molar-refractivity contribution in [2.45, 2.75) is 23.6 Å². The highest BCUT2D eigenvalue weighted by atomic mass is 32.1. The van der Waals surface area contributed by atoms with Gasteiger partial charge in [-0.25, -0.2) is 0 Å². The smallest absolute Gasteiger partial charge is 0.151 e. The molecule has 0 bridgehead atoms. The third-order valence-corrected chi connectivity index (χ3v) is 2.13. The van der Waals surface area contributed by atoms with Gasteiger partial charge in [-0.1, -0.05) is 0 Å². The van der Waals surface area contributed by atoms with Gasteiger partial charge in [0.25, 0.3) is 0 Å². The summed E-state index contributed by atoms with van der Waals surface area (Å²) in [5.41, 5.74) is 0. The van der Waals surface area contributed by atoms with E-state index in [1.54, 1.807) is 0 Å². The minimum Gasteiger partial charge on any atom is -0.395 e. The fourth-order valence-electron chi connectivity index (χ4n) is 0.885. The van der Waals surface area contributed by atoms with E-state index in [0.717, 1.165) is 0 Å². The first kappa shape index (κ1) is 12.9. The van der Waals surface area contributed by atoms with E-state index in [-0.39, 0.29) is 12.9 Å². The Balaban J connectivity index is 4.29. The Hall–Kier alpha value is -0.140. The van der Waals surface area contributed by atoms with E-state index in [0.29, 0.717) is 0 Å². The maximum absolute atomic E-state index is 10.2. The summed E-state index contributed by atoms with van der Waals surface area (Å²) in [7, 11) is 1.25. The van der Waals surface area contributed by atoms with E-state index in [9.17, 15) is 9.90 Å². The fraction of sp³-hybridized carbons (Fsp3) is 0.857. The summed E-state index contributed by atoms with van der Waals surface area (Å²) in [6, 6.07) is 0. The molecular weight excluding hydrogens is 196 g/mol.